The summed E-state index contributed by atoms with van der Waals surface area (Å²) < 4.78 is 40.1. The monoisotopic (exact) mass is 299 g/mol. The van der Waals surface area contributed by atoms with Gasteiger partial charge in [0.25, 0.3) is 0 Å². The quantitative estimate of drug-likeness (QED) is 0.926. The first-order valence-corrected chi connectivity index (χ1v) is 6.91. The molecule has 0 bridgehead atoms. The minimum Gasteiger partial charge on any atom is -0.367 e. The molecule has 0 amide bonds. The third-order valence-corrected chi connectivity index (χ3v) is 4.01. The van der Waals surface area contributed by atoms with E-state index in [0.29, 0.717) is 17.9 Å². The molecule has 5 nitrogen and oxygen atoms in total. The zero-order valence-electron chi connectivity index (χ0n) is 11.6. The van der Waals surface area contributed by atoms with Crippen molar-refractivity contribution in [3.63, 3.8) is 0 Å². The summed E-state index contributed by atoms with van der Waals surface area (Å²) in [6.45, 7) is 0. The average Bonchev–Trinajstić information content (AvgIpc) is 2.81. The maximum atomic E-state index is 12.8. The second-order valence-corrected chi connectivity index (χ2v) is 5.47. The van der Waals surface area contributed by atoms with Gasteiger partial charge < -0.3 is 5.32 Å². The van der Waals surface area contributed by atoms with Crippen LogP contribution in [0.3, 0.4) is 0 Å². The van der Waals surface area contributed by atoms with Crippen LogP contribution in [-0.2, 0) is 7.05 Å². The molecule has 0 spiro atoms. The van der Waals surface area contributed by atoms with E-state index in [-0.39, 0.29) is 18.9 Å². The van der Waals surface area contributed by atoms with E-state index in [1.54, 1.807) is 17.9 Å². The molecule has 1 saturated carbocycles. The zero-order chi connectivity index (χ0) is 15.0. The normalized spacial score (nSPS) is 23.4. The van der Waals surface area contributed by atoms with E-state index >= 15 is 0 Å². The van der Waals surface area contributed by atoms with Crippen molar-refractivity contribution in [3.05, 3.63) is 12.5 Å². The van der Waals surface area contributed by atoms with Crippen molar-refractivity contribution in [2.75, 3.05) is 5.32 Å². The number of hydrogen-bond donors (Lipinski definition) is 1. The lowest BCUT2D eigenvalue weighted by molar-refractivity contribution is -0.182. The standard InChI is InChI=1S/C13H16F3N5/c1-21-12-10(6-19-21)11(17-7-18-12)20-9-4-2-3-8(5-9)13(14,15)16/h6-9H,2-5H2,1H3,(H,17,18,20)/t8-,9-/m1/s1. The minimum absolute atomic E-state index is 0.0925. The van der Waals surface area contributed by atoms with Crippen molar-refractivity contribution >= 4 is 16.9 Å². The lowest BCUT2D eigenvalue weighted by Crippen LogP contribution is -2.34. The number of alkyl halides is 3. The van der Waals surface area contributed by atoms with E-state index < -0.39 is 12.1 Å². The van der Waals surface area contributed by atoms with E-state index in [1.807, 2.05) is 0 Å². The van der Waals surface area contributed by atoms with Gasteiger partial charge in [-0.25, -0.2) is 9.97 Å². The number of nitrogens with one attached hydrogen (secondary N) is 1. The van der Waals surface area contributed by atoms with Gasteiger partial charge in [-0.1, -0.05) is 6.42 Å². The molecular weight excluding hydrogens is 283 g/mol. The molecule has 0 radical (unpaired) electrons. The van der Waals surface area contributed by atoms with Gasteiger partial charge in [0.15, 0.2) is 5.65 Å². The Morgan fingerprint density at radius 1 is 1.29 bits per heavy atom. The van der Waals surface area contributed by atoms with Gasteiger partial charge in [-0.05, 0) is 19.3 Å². The summed E-state index contributed by atoms with van der Waals surface area (Å²) in [5, 5.41) is 7.96. The van der Waals surface area contributed by atoms with E-state index in [1.165, 1.54) is 6.33 Å². The van der Waals surface area contributed by atoms with E-state index in [4.69, 9.17) is 0 Å². The SMILES string of the molecule is Cn1ncc2c(N[C@@H]3CCC[C@@H](C(F)(F)F)C3)ncnc21. The summed E-state index contributed by atoms with van der Waals surface area (Å²) in [4.78, 5) is 8.26. The molecule has 0 saturated heterocycles. The Morgan fingerprint density at radius 3 is 2.86 bits per heavy atom. The minimum atomic E-state index is -4.12. The fraction of sp³-hybridized carbons (Fsp3) is 0.615. The van der Waals surface area contributed by atoms with Gasteiger partial charge in [0.1, 0.15) is 12.1 Å². The first kappa shape index (κ1) is 14.1. The third-order valence-electron chi connectivity index (χ3n) is 4.01. The highest BCUT2D eigenvalue weighted by Crippen LogP contribution is 2.38. The predicted octanol–water partition coefficient (Wildman–Crippen LogP) is 2.90. The Balaban J connectivity index is 1.79. The van der Waals surface area contributed by atoms with Crippen LogP contribution in [0.2, 0.25) is 0 Å². The van der Waals surface area contributed by atoms with Crippen molar-refractivity contribution in [3.8, 4) is 0 Å². The first-order chi connectivity index (χ1) is 9.95. The van der Waals surface area contributed by atoms with Crippen molar-refractivity contribution in [2.24, 2.45) is 13.0 Å². The average molecular weight is 299 g/mol. The lowest BCUT2D eigenvalue weighted by atomic mass is 9.85. The molecule has 8 heteroatoms. The molecule has 0 unspecified atom stereocenters. The first-order valence-electron chi connectivity index (χ1n) is 6.91. The molecule has 0 aromatic carbocycles. The molecule has 3 rings (SSSR count). The molecule has 1 N–H and O–H groups in total. The van der Waals surface area contributed by atoms with Gasteiger partial charge >= 0.3 is 6.18 Å². The molecule has 1 aliphatic rings. The van der Waals surface area contributed by atoms with Crippen LogP contribution in [0, 0.1) is 5.92 Å². The highest BCUT2D eigenvalue weighted by molar-refractivity contribution is 5.86. The van der Waals surface area contributed by atoms with Crippen molar-refractivity contribution < 1.29 is 13.2 Å². The summed E-state index contributed by atoms with van der Waals surface area (Å²) in [6.07, 6.45) is 0.512. The predicted molar refractivity (Wildman–Crippen MR) is 71.7 cm³/mol. The number of fused-ring (bicyclic) bond motifs is 1. The van der Waals surface area contributed by atoms with Crippen LogP contribution in [-0.4, -0.2) is 32.0 Å². The maximum absolute atomic E-state index is 12.8. The summed E-state index contributed by atoms with van der Waals surface area (Å²) in [7, 11) is 1.76. The van der Waals surface area contributed by atoms with Crippen LogP contribution in [0.15, 0.2) is 12.5 Å². The van der Waals surface area contributed by atoms with Crippen LogP contribution in [0.25, 0.3) is 11.0 Å². The second-order valence-electron chi connectivity index (χ2n) is 5.47. The van der Waals surface area contributed by atoms with Gasteiger partial charge in [0.05, 0.1) is 17.5 Å². The number of nitrogens with zero attached hydrogens (tertiary/aromatic N) is 4. The topological polar surface area (TPSA) is 55.6 Å². The second kappa shape index (κ2) is 5.16. The lowest BCUT2D eigenvalue weighted by Gasteiger charge is -2.31. The molecule has 114 valence electrons. The zero-order valence-corrected chi connectivity index (χ0v) is 11.6. The number of anilines is 1. The molecule has 0 aliphatic heterocycles. The molecule has 2 aromatic rings. The van der Waals surface area contributed by atoms with Gasteiger partial charge in [-0.15, -0.1) is 0 Å². The van der Waals surface area contributed by atoms with Gasteiger partial charge in [-0.3, -0.25) is 4.68 Å². The van der Waals surface area contributed by atoms with Crippen LogP contribution >= 0.6 is 0 Å². The molecule has 2 atom stereocenters. The molecule has 1 fully saturated rings. The molecule has 1 aliphatic carbocycles. The fourth-order valence-corrected chi connectivity index (χ4v) is 2.89. The van der Waals surface area contributed by atoms with Gasteiger partial charge in [0.2, 0.25) is 0 Å². The summed E-state index contributed by atoms with van der Waals surface area (Å²) in [5.41, 5.74) is 0.663. The van der Waals surface area contributed by atoms with Crippen LogP contribution < -0.4 is 5.32 Å². The van der Waals surface area contributed by atoms with Crippen molar-refractivity contribution in [2.45, 2.75) is 37.9 Å². The largest absolute Gasteiger partial charge is 0.391 e. The molecule has 2 heterocycles. The molecule has 2 aromatic heterocycles. The Labute approximate surface area is 119 Å². The third kappa shape index (κ3) is 2.79. The van der Waals surface area contributed by atoms with E-state index in [0.717, 1.165) is 11.8 Å². The number of hydrogen-bond acceptors (Lipinski definition) is 4. The number of halogens is 3. The number of aromatic nitrogens is 4. The maximum Gasteiger partial charge on any atom is 0.391 e. The van der Waals surface area contributed by atoms with E-state index in [9.17, 15) is 13.2 Å². The Bertz CT molecular complexity index is 636. The summed E-state index contributed by atoms with van der Waals surface area (Å²) >= 11 is 0. The smallest absolute Gasteiger partial charge is 0.367 e. The Morgan fingerprint density at radius 2 is 2.10 bits per heavy atom. The highest BCUT2D eigenvalue weighted by atomic mass is 19.4. The van der Waals surface area contributed by atoms with Gasteiger partial charge in [0, 0.05) is 13.1 Å². The van der Waals surface area contributed by atoms with Crippen molar-refractivity contribution in [1.82, 2.24) is 19.7 Å². The van der Waals surface area contributed by atoms with Crippen molar-refractivity contribution in [1.29, 1.82) is 0 Å². The van der Waals surface area contributed by atoms with Crippen LogP contribution in [0.1, 0.15) is 25.7 Å². The summed E-state index contributed by atoms with van der Waals surface area (Å²) in [5.74, 6) is -0.670. The molecular formula is C13H16F3N5. The Hall–Kier alpha value is -1.86. The highest BCUT2D eigenvalue weighted by Gasteiger charge is 2.42. The number of rotatable bonds is 2. The number of aryl methyl sites for hydroxylation is 1. The fourth-order valence-electron chi connectivity index (χ4n) is 2.89. The van der Waals surface area contributed by atoms with E-state index in [2.05, 4.69) is 20.4 Å². The molecule has 21 heavy (non-hydrogen) atoms. The van der Waals surface area contributed by atoms with Crippen LogP contribution in [0.5, 0.6) is 0 Å². The Kier molecular flexibility index (Phi) is 3.46. The van der Waals surface area contributed by atoms with Crippen LogP contribution in [0.4, 0.5) is 19.0 Å². The van der Waals surface area contributed by atoms with Gasteiger partial charge in [-0.2, -0.15) is 18.3 Å². The summed E-state index contributed by atoms with van der Waals surface area (Å²) in [6, 6.07) is -0.219.